The molecule has 0 bridgehead atoms. The highest BCUT2D eigenvalue weighted by atomic mass is 15.2. The summed E-state index contributed by atoms with van der Waals surface area (Å²) in [6.07, 6.45) is 2.64. The van der Waals surface area contributed by atoms with Crippen LogP contribution in [-0.2, 0) is 0 Å². The van der Waals surface area contributed by atoms with E-state index in [0.29, 0.717) is 17.5 Å². The summed E-state index contributed by atoms with van der Waals surface area (Å²) >= 11 is 0. The summed E-state index contributed by atoms with van der Waals surface area (Å²) in [5.41, 5.74) is 11.8. The van der Waals surface area contributed by atoms with Gasteiger partial charge in [0.2, 0.25) is 0 Å². The highest BCUT2D eigenvalue weighted by Gasteiger charge is 2.14. The molecule has 1 fully saturated rings. The van der Waals surface area contributed by atoms with Crippen LogP contribution in [0.2, 0.25) is 0 Å². The summed E-state index contributed by atoms with van der Waals surface area (Å²) in [7, 11) is 0. The molecule has 1 aromatic heterocycles. The molecule has 1 aliphatic heterocycles. The summed E-state index contributed by atoms with van der Waals surface area (Å²) in [5, 5.41) is 3.35. The fourth-order valence-electron chi connectivity index (χ4n) is 2.22. The second-order valence-electron chi connectivity index (χ2n) is 4.72. The van der Waals surface area contributed by atoms with Crippen molar-refractivity contribution in [2.75, 3.05) is 36.4 Å². The van der Waals surface area contributed by atoms with Gasteiger partial charge < -0.3 is 21.7 Å². The molecule has 94 valence electrons. The quantitative estimate of drug-likeness (QED) is 0.729. The van der Waals surface area contributed by atoms with Gasteiger partial charge in [0.15, 0.2) is 0 Å². The maximum Gasteiger partial charge on any atom is 0.149 e. The van der Waals surface area contributed by atoms with Crippen molar-refractivity contribution in [3.8, 4) is 0 Å². The number of nitrogens with one attached hydrogen (secondary N) is 1. The van der Waals surface area contributed by atoms with E-state index in [4.69, 9.17) is 11.5 Å². The Morgan fingerprint density at radius 2 is 2.06 bits per heavy atom. The van der Waals surface area contributed by atoms with Crippen LogP contribution in [0.15, 0.2) is 12.1 Å². The number of rotatable bonds is 4. The van der Waals surface area contributed by atoms with Crippen molar-refractivity contribution in [1.29, 1.82) is 0 Å². The lowest BCUT2D eigenvalue weighted by molar-refractivity contribution is 0.327. The second kappa shape index (κ2) is 5.23. The van der Waals surface area contributed by atoms with Crippen LogP contribution in [0, 0.1) is 0 Å². The number of nitrogens with two attached hydrogens (primary N) is 2. The van der Waals surface area contributed by atoms with Crippen molar-refractivity contribution in [2.24, 2.45) is 0 Å². The Labute approximate surface area is 102 Å². The van der Waals surface area contributed by atoms with Crippen molar-refractivity contribution in [2.45, 2.75) is 25.8 Å². The maximum atomic E-state index is 5.67. The molecule has 5 nitrogen and oxygen atoms in total. The van der Waals surface area contributed by atoms with E-state index in [1.165, 1.54) is 25.9 Å². The normalized spacial score (nSPS) is 18.2. The van der Waals surface area contributed by atoms with Crippen molar-refractivity contribution < 1.29 is 0 Å². The predicted molar refractivity (Wildman–Crippen MR) is 71.8 cm³/mol. The molecule has 5 N–H and O–H groups in total. The van der Waals surface area contributed by atoms with Gasteiger partial charge in [0.25, 0.3) is 0 Å². The van der Waals surface area contributed by atoms with Gasteiger partial charge in [-0.3, -0.25) is 0 Å². The zero-order valence-electron chi connectivity index (χ0n) is 10.3. The highest BCUT2D eigenvalue weighted by molar-refractivity contribution is 5.61. The standard InChI is InChI=1S/C12H21N5/c1-9(8-17-6-2-3-7-17)15-11-5-4-10(13)12(14)16-11/h4-5,9H,2-3,6-8,13H2,1H3,(H3,14,15,16). The van der Waals surface area contributed by atoms with Gasteiger partial charge in [-0.05, 0) is 45.0 Å². The Morgan fingerprint density at radius 1 is 1.35 bits per heavy atom. The van der Waals surface area contributed by atoms with E-state index in [1.807, 2.05) is 6.07 Å². The fraction of sp³-hybridized carbons (Fsp3) is 0.583. The third-order valence-electron chi connectivity index (χ3n) is 3.08. The molecule has 17 heavy (non-hydrogen) atoms. The first-order valence-corrected chi connectivity index (χ1v) is 6.16. The van der Waals surface area contributed by atoms with E-state index in [0.717, 1.165) is 12.4 Å². The van der Waals surface area contributed by atoms with Crippen LogP contribution in [0.3, 0.4) is 0 Å². The third kappa shape index (κ3) is 3.23. The van der Waals surface area contributed by atoms with E-state index >= 15 is 0 Å². The number of nitrogens with zero attached hydrogens (tertiary/aromatic N) is 2. The minimum Gasteiger partial charge on any atom is -0.396 e. The Kier molecular flexibility index (Phi) is 3.68. The van der Waals surface area contributed by atoms with E-state index in [2.05, 4.69) is 22.1 Å². The minimum atomic E-state index is 0.364. The molecule has 0 aliphatic carbocycles. The lowest BCUT2D eigenvalue weighted by atomic mass is 10.3. The first kappa shape index (κ1) is 12.0. The van der Waals surface area contributed by atoms with Crippen molar-refractivity contribution >= 4 is 17.3 Å². The number of anilines is 3. The Hall–Kier alpha value is -1.49. The van der Waals surface area contributed by atoms with Crippen LogP contribution in [-0.4, -0.2) is 35.6 Å². The van der Waals surface area contributed by atoms with E-state index < -0.39 is 0 Å². The molecule has 1 aromatic rings. The van der Waals surface area contributed by atoms with Gasteiger partial charge in [-0.25, -0.2) is 4.98 Å². The molecule has 0 saturated carbocycles. The zero-order valence-corrected chi connectivity index (χ0v) is 10.3. The molecule has 0 amide bonds. The first-order valence-electron chi connectivity index (χ1n) is 6.16. The molecule has 2 rings (SSSR count). The van der Waals surface area contributed by atoms with Crippen LogP contribution in [0.4, 0.5) is 17.3 Å². The number of nitrogen functional groups attached to an aromatic ring is 2. The maximum absolute atomic E-state index is 5.67. The first-order chi connectivity index (χ1) is 8.15. The second-order valence-corrected chi connectivity index (χ2v) is 4.72. The molecular formula is C12H21N5. The van der Waals surface area contributed by atoms with Crippen LogP contribution in [0.1, 0.15) is 19.8 Å². The smallest absolute Gasteiger partial charge is 0.149 e. The molecule has 0 spiro atoms. The van der Waals surface area contributed by atoms with Gasteiger partial charge in [0.1, 0.15) is 11.6 Å². The van der Waals surface area contributed by atoms with Crippen molar-refractivity contribution in [3.63, 3.8) is 0 Å². The van der Waals surface area contributed by atoms with E-state index in [-0.39, 0.29) is 0 Å². The number of likely N-dealkylation sites (tertiary alicyclic amines) is 1. The Bertz CT molecular complexity index is 373. The van der Waals surface area contributed by atoms with Crippen LogP contribution < -0.4 is 16.8 Å². The molecular weight excluding hydrogens is 214 g/mol. The van der Waals surface area contributed by atoms with Gasteiger partial charge in [0.05, 0.1) is 5.69 Å². The molecule has 5 heteroatoms. The summed E-state index contributed by atoms with van der Waals surface area (Å²) in [4.78, 5) is 6.68. The Morgan fingerprint density at radius 3 is 2.71 bits per heavy atom. The average Bonchev–Trinajstić information content (AvgIpc) is 2.76. The summed E-state index contributed by atoms with van der Waals surface area (Å²) in [5.74, 6) is 1.19. The zero-order chi connectivity index (χ0) is 12.3. The number of aromatic nitrogens is 1. The Balaban J connectivity index is 1.88. The molecule has 0 aromatic carbocycles. The molecule has 2 heterocycles. The van der Waals surface area contributed by atoms with E-state index in [1.54, 1.807) is 6.07 Å². The van der Waals surface area contributed by atoms with Gasteiger partial charge in [-0.2, -0.15) is 0 Å². The topological polar surface area (TPSA) is 80.2 Å². The number of pyridine rings is 1. The molecule has 1 saturated heterocycles. The van der Waals surface area contributed by atoms with Crippen LogP contribution in [0.25, 0.3) is 0 Å². The molecule has 0 radical (unpaired) electrons. The van der Waals surface area contributed by atoms with Gasteiger partial charge >= 0.3 is 0 Å². The average molecular weight is 235 g/mol. The monoisotopic (exact) mass is 235 g/mol. The van der Waals surface area contributed by atoms with Crippen LogP contribution in [0.5, 0.6) is 0 Å². The fourth-order valence-corrected chi connectivity index (χ4v) is 2.22. The summed E-state index contributed by atoms with van der Waals surface area (Å²) in [6.45, 7) is 5.63. The number of hydrogen-bond acceptors (Lipinski definition) is 5. The highest BCUT2D eigenvalue weighted by Crippen LogP contribution is 2.16. The SMILES string of the molecule is CC(CN1CCCC1)Nc1ccc(N)c(N)n1. The van der Waals surface area contributed by atoms with Gasteiger partial charge in [-0.15, -0.1) is 0 Å². The summed E-state index contributed by atoms with van der Waals surface area (Å²) in [6, 6.07) is 4.02. The van der Waals surface area contributed by atoms with Gasteiger partial charge in [0, 0.05) is 12.6 Å². The predicted octanol–water partition coefficient (Wildman–Crippen LogP) is 1.14. The molecule has 1 atom stereocenters. The third-order valence-corrected chi connectivity index (χ3v) is 3.08. The molecule has 1 aliphatic rings. The lowest BCUT2D eigenvalue weighted by Crippen LogP contribution is -2.33. The van der Waals surface area contributed by atoms with Crippen LogP contribution >= 0.6 is 0 Å². The number of hydrogen-bond donors (Lipinski definition) is 3. The van der Waals surface area contributed by atoms with Crippen molar-refractivity contribution in [3.05, 3.63) is 12.1 Å². The lowest BCUT2D eigenvalue weighted by Gasteiger charge is -2.21. The largest absolute Gasteiger partial charge is 0.396 e. The van der Waals surface area contributed by atoms with Gasteiger partial charge in [-0.1, -0.05) is 0 Å². The molecule has 1 unspecified atom stereocenters. The minimum absolute atomic E-state index is 0.364. The van der Waals surface area contributed by atoms with E-state index in [9.17, 15) is 0 Å². The summed E-state index contributed by atoms with van der Waals surface area (Å²) < 4.78 is 0. The van der Waals surface area contributed by atoms with Crippen molar-refractivity contribution in [1.82, 2.24) is 9.88 Å².